The van der Waals surface area contributed by atoms with Crippen LogP contribution in [-0.4, -0.2) is 31.9 Å². The first kappa shape index (κ1) is 13.5. The Morgan fingerprint density at radius 1 is 1.37 bits per heavy atom. The molecule has 0 aromatic heterocycles. The van der Waals surface area contributed by atoms with Gasteiger partial charge in [0.1, 0.15) is 0 Å². The molecule has 0 bridgehead atoms. The monoisotopic (exact) mass is 281 g/mol. The fraction of sp³-hybridized carbons (Fsp3) is 0.364. The van der Waals surface area contributed by atoms with E-state index < -0.39 is 9.84 Å². The standard InChI is InChI=1S/C11H15N5O2S/c12-11(13)16-15-9-3-1-8(2-4-9)14-10-5-6-19(17,18)7-10/h1-4,10,14H,5-7H2,(H3,12,13). The molecule has 1 atom stereocenters. The quantitative estimate of drug-likeness (QED) is 0.438. The van der Waals surface area contributed by atoms with Crippen molar-refractivity contribution < 1.29 is 8.42 Å². The lowest BCUT2D eigenvalue weighted by Gasteiger charge is -2.12. The van der Waals surface area contributed by atoms with Crippen LogP contribution in [0.1, 0.15) is 6.42 Å². The molecule has 0 saturated carbocycles. The zero-order valence-corrected chi connectivity index (χ0v) is 11.0. The largest absolute Gasteiger partial charge is 0.381 e. The minimum absolute atomic E-state index is 0.0327. The van der Waals surface area contributed by atoms with Gasteiger partial charge in [-0.3, -0.25) is 5.41 Å². The maximum Gasteiger partial charge on any atom is 0.232 e. The molecule has 1 fully saturated rings. The van der Waals surface area contributed by atoms with Crippen LogP contribution in [0.4, 0.5) is 11.4 Å². The molecular weight excluding hydrogens is 266 g/mol. The highest BCUT2D eigenvalue weighted by molar-refractivity contribution is 7.91. The smallest absolute Gasteiger partial charge is 0.232 e. The van der Waals surface area contributed by atoms with Crippen molar-refractivity contribution in [2.24, 2.45) is 16.0 Å². The average molecular weight is 281 g/mol. The van der Waals surface area contributed by atoms with Crippen molar-refractivity contribution in [3.8, 4) is 0 Å². The second-order valence-electron chi connectivity index (χ2n) is 4.38. The summed E-state index contributed by atoms with van der Waals surface area (Å²) >= 11 is 0. The predicted octanol–water partition coefficient (Wildman–Crippen LogP) is 1.26. The molecule has 0 amide bonds. The van der Waals surface area contributed by atoms with Crippen LogP contribution in [0.3, 0.4) is 0 Å². The van der Waals surface area contributed by atoms with E-state index in [1.165, 1.54) is 0 Å². The van der Waals surface area contributed by atoms with Crippen LogP contribution in [0.2, 0.25) is 0 Å². The van der Waals surface area contributed by atoms with E-state index in [1.807, 2.05) is 0 Å². The zero-order chi connectivity index (χ0) is 13.9. The van der Waals surface area contributed by atoms with Crippen molar-refractivity contribution in [1.82, 2.24) is 0 Å². The number of azo groups is 1. The first-order valence-corrected chi connectivity index (χ1v) is 7.59. The molecule has 4 N–H and O–H groups in total. The lowest BCUT2D eigenvalue weighted by Crippen LogP contribution is -2.20. The summed E-state index contributed by atoms with van der Waals surface area (Å²) in [4.78, 5) is 0. The zero-order valence-electron chi connectivity index (χ0n) is 10.2. The van der Waals surface area contributed by atoms with Crippen molar-refractivity contribution in [2.75, 3.05) is 16.8 Å². The minimum Gasteiger partial charge on any atom is -0.381 e. The maximum atomic E-state index is 11.3. The summed E-state index contributed by atoms with van der Waals surface area (Å²) in [5.74, 6) is 0.0762. The van der Waals surface area contributed by atoms with Crippen LogP contribution in [0.5, 0.6) is 0 Å². The normalized spacial score (nSPS) is 21.6. The SMILES string of the molecule is N=C(N)N=Nc1ccc(NC2CCS(=O)(=O)C2)cc1. The third-order valence-corrected chi connectivity index (χ3v) is 4.51. The summed E-state index contributed by atoms with van der Waals surface area (Å²) in [6, 6.07) is 6.99. The number of nitrogens with zero attached hydrogens (tertiary/aromatic N) is 2. The van der Waals surface area contributed by atoms with E-state index in [2.05, 4.69) is 15.5 Å². The lowest BCUT2D eigenvalue weighted by molar-refractivity contribution is 0.602. The molecule has 1 saturated heterocycles. The fourth-order valence-electron chi connectivity index (χ4n) is 1.88. The van der Waals surface area contributed by atoms with Gasteiger partial charge >= 0.3 is 0 Å². The fourth-order valence-corrected chi connectivity index (χ4v) is 3.55. The van der Waals surface area contributed by atoms with Crippen LogP contribution < -0.4 is 11.1 Å². The topological polar surface area (TPSA) is 121 Å². The van der Waals surface area contributed by atoms with Gasteiger partial charge in [0.25, 0.3) is 0 Å². The number of nitrogens with one attached hydrogen (secondary N) is 2. The highest BCUT2D eigenvalue weighted by Crippen LogP contribution is 2.20. The maximum absolute atomic E-state index is 11.3. The molecule has 8 heteroatoms. The van der Waals surface area contributed by atoms with Crippen molar-refractivity contribution in [2.45, 2.75) is 12.5 Å². The summed E-state index contributed by atoms with van der Waals surface area (Å²) in [5, 5.41) is 17.3. The Labute approximate surface area is 111 Å². The Morgan fingerprint density at radius 3 is 2.58 bits per heavy atom. The van der Waals surface area contributed by atoms with Crippen molar-refractivity contribution in [1.29, 1.82) is 5.41 Å². The summed E-state index contributed by atoms with van der Waals surface area (Å²) in [5.41, 5.74) is 6.48. The number of sulfone groups is 1. The molecule has 102 valence electrons. The molecule has 1 aliphatic rings. The first-order valence-electron chi connectivity index (χ1n) is 5.77. The van der Waals surface area contributed by atoms with Crippen LogP contribution in [0.25, 0.3) is 0 Å². The van der Waals surface area contributed by atoms with E-state index in [0.29, 0.717) is 12.1 Å². The third kappa shape index (κ3) is 4.02. The molecule has 1 aromatic carbocycles. The number of nitrogens with two attached hydrogens (primary N) is 1. The molecule has 1 aliphatic heterocycles. The molecule has 0 radical (unpaired) electrons. The second-order valence-corrected chi connectivity index (χ2v) is 6.61. The van der Waals surface area contributed by atoms with Crippen molar-refractivity contribution in [3.63, 3.8) is 0 Å². The van der Waals surface area contributed by atoms with Crippen LogP contribution in [-0.2, 0) is 9.84 Å². The number of rotatable bonds is 3. The molecule has 1 unspecified atom stereocenters. The van der Waals surface area contributed by atoms with Gasteiger partial charge in [0, 0.05) is 11.7 Å². The summed E-state index contributed by atoms with van der Waals surface area (Å²) < 4.78 is 22.7. The molecule has 19 heavy (non-hydrogen) atoms. The van der Waals surface area contributed by atoms with Crippen LogP contribution in [0.15, 0.2) is 34.5 Å². The molecular formula is C11H15N5O2S. The first-order chi connectivity index (χ1) is 8.94. The number of hydrogen-bond acceptors (Lipinski definition) is 5. The van der Waals surface area contributed by atoms with Crippen LogP contribution >= 0.6 is 0 Å². The van der Waals surface area contributed by atoms with Gasteiger partial charge in [-0.2, -0.15) is 0 Å². The van der Waals surface area contributed by atoms with Crippen molar-refractivity contribution >= 4 is 27.2 Å². The Bertz CT molecular complexity index is 594. The van der Waals surface area contributed by atoms with Gasteiger partial charge in [-0.15, -0.1) is 10.2 Å². The van der Waals surface area contributed by atoms with E-state index >= 15 is 0 Å². The average Bonchev–Trinajstić information content (AvgIpc) is 2.68. The number of guanidine groups is 1. The van der Waals surface area contributed by atoms with E-state index in [0.717, 1.165) is 5.69 Å². The predicted molar refractivity (Wildman–Crippen MR) is 73.6 cm³/mol. The van der Waals surface area contributed by atoms with E-state index in [-0.39, 0.29) is 23.5 Å². The van der Waals surface area contributed by atoms with Gasteiger partial charge in [0.15, 0.2) is 9.84 Å². The number of anilines is 1. The van der Waals surface area contributed by atoms with Gasteiger partial charge in [-0.1, -0.05) is 0 Å². The molecule has 2 rings (SSSR count). The third-order valence-electron chi connectivity index (χ3n) is 2.74. The highest BCUT2D eigenvalue weighted by atomic mass is 32.2. The summed E-state index contributed by atoms with van der Waals surface area (Å²) in [7, 11) is -2.88. The number of hydrogen-bond donors (Lipinski definition) is 3. The number of benzene rings is 1. The van der Waals surface area contributed by atoms with Crippen LogP contribution in [0, 0.1) is 5.41 Å². The summed E-state index contributed by atoms with van der Waals surface area (Å²) in [6.07, 6.45) is 0.633. The van der Waals surface area contributed by atoms with Crippen molar-refractivity contribution in [3.05, 3.63) is 24.3 Å². The van der Waals surface area contributed by atoms with Gasteiger partial charge in [-0.25, -0.2) is 8.42 Å². The van der Waals surface area contributed by atoms with Gasteiger partial charge in [0.2, 0.25) is 5.96 Å². The highest BCUT2D eigenvalue weighted by Gasteiger charge is 2.27. The Kier molecular flexibility index (Phi) is 3.79. The Hall–Kier alpha value is -1.96. The summed E-state index contributed by atoms with van der Waals surface area (Å²) in [6.45, 7) is 0. The molecule has 1 aromatic rings. The van der Waals surface area contributed by atoms with Gasteiger partial charge in [-0.05, 0) is 30.7 Å². The van der Waals surface area contributed by atoms with Gasteiger partial charge in [0.05, 0.1) is 17.2 Å². The minimum atomic E-state index is -2.88. The molecule has 7 nitrogen and oxygen atoms in total. The lowest BCUT2D eigenvalue weighted by atomic mass is 10.2. The molecule has 0 spiro atoms. The van der Waals surface area contributed by atoms with E-state index in [9.17, 15) is 8.42 Å². The van der Waals surface area contributed by atoms with E-state index in [1.54, 1.807) is 24.3 Å². The second kappa shape index (κ2) is 5.35. The molecule has 1 heterocycles. The Balaban J connectivity index is 1.98. The Morgan fingerprint density at radius 2 is 2.05 bits per heavy atom. The molecule has 0 aliphatic carbocycles. The van der Waals surface area contributed by atoms with E-state index in [4.69, 9.17) is 11.1 Å². The van der Waals surface area contributed by atoms with Gasteiger partial charge < -0.3 is 11.1 Å².